The third-order valence-electron chi connectivity index (χ3n) is 10.2. The lowest BCUT2D eigenvalue weighted by molar-refractivity contribution is 0.645. The molecule has 0 unspecified atom stereocenters. The normalized spacial score (nSPS) is 13.6. The van der Waals surface area contributed by atoms with Crippen LogP contribution in [0.25, 0.3) is 82.6 Å². The van der Waals surface area contributed by atoms with Gasteiger partial charge in [-0.05, 0) is 45.0 Å². The van der Waals surface area contributed by atoms with E-state index in [1.54, 1.807) is 0 Å². The average molecular weight is 588 g/mol. The highest BCUT2D eigenvalue weighted by Gasteiger charge is 2.35. The molecule has 3 heteroatoms. The molecule has 7 aromatic carbocycles. The summed E-state index contributed by atoms with van der Waals surface area (Å²) in [6, 6.07) is 50.3. The van der Waals surface area contributed by atoms with Crippen LogP contribution in [0.3, 0.4) is 0 Å². The van der Waals surface area contributed by atoms with E-state index < -0.39 is 0 Å². The molecule has 10 rings (SSSR count). The second-order valence-electron chi connectivity index (χ2n) is 13.0. The summed E-state index contributed by atoms with van der Waals surface area (Å²) in [6.07, 6.45) is 0. The van der Waals surface area contributed by atoms with Gasteiger partial charge in [-0.1, -0.05) is 141 Å². The number of para-hydroxylation sites is 1. The van der Waals surface area contributed by atoms with Gasteiger partial charge in [0.2, 0.25) is 5.95 Å². The van der Waals surface area contributed by atoms with Crippen molar-refractivity contribution in [3.8, 4) is 28.3 Å². The molecule has 2 heterocycles. The Balaban J connectivity index is 1.48. The zero-order valence-corrected chi connectivity index (χ0v) is 25.6. The molecule has 0 saturated carbocycles. The Bertz CT molecular complexity index is 2720. The van der Waals surface area contributed by atoms with Gasteiger partial charge in [0.05, 0.1) is 22.2 Å². The summed E-state index contributed by atoms with van der Waals surface area (Å²) in [5.41, 5.74) is 10.3. The first-order valence-electron chi connectivity index (χ1n) is 15.9. The number of benzene rings is 7. The van der Waals surface area contributed by atoms with E-state index in [2.05, 4.69) is 158 Å². The van der Waals surface area contributed by atoms with Crippen LogP contribution in [0.2, 0.25) is 0 Å². The summed E-state index contributed by atoms with van der Waals surface area (Å²) >= 11 is 0. The summed E-state index contributed by atoms with van der Waals surface area (Å²) in [6.45, 7) is 4.71. The molecule has 0 spiro atoms. The fourth-order valence-corrected chi connectivity index (χ4v) is 8.06. The summed E-state index contributed by atoms with van der Waals surface area (Å²) < 4.78 is 2.37. The molecule has 0 amide bonds. The van der Waals surface area contributed by atoms with Crippen molar-refractivity contribution in [3.63, 3.8) is 0 Å². The molecule has 3 nitrogen and oxygen atoms in total. The minimum atomic E-state index is -0.139. The minimum absolute atomic E-state index is 0.139. The lowest BCUT2D eigenvalue weighted by atomic mass is 9.68. The summed E-state index contributed by atoms with van der Waals surface area (Å²) in [7, 11) is 0. The quantitative estimate of drug-likeness (QED) is 0.201. The lowest BCUT2D eigenvalue weighted by Gasteiger charge is -2.35. The number of rotatable bonds is 2. The van der Waals surface area contributed by atoms with Crippen molar-refractivity contribution in [1.82, 2.24) is 14.5 Å². The van der Waals surface area contributed by atoms with Crippen LogP contribution in [0.5, 0.6) is 0 Å². The fourth-order valence-electron chi connectivity index (χ4n) is 8.06. The summed E-state index contributed by atoms with van der Waals surface area (Å²) in [5.74, 6) is 0.685. The Labute approximate surface area is 266 Å². The van der Waals surface area contributed by atoms with Crippen molar-refractivity contribution < 1.29 is 0 Å². The van der Waals surface area contributed by atoms with E-state index >= 15 is 0 Å². The van der Waals surface area contributed by atoms with Gasteiger partial charge in [0.15, 0.2) is 0 Å². The monoisotopic (exact) mass is 587 g/mol. The maximum Gasteiger partial charge on any atom is 0.235 e. The van der Waals surface area contributed by atoms with Crippen LogP contribution in [0.1, 0.15) is 25.0 Å². The van der Waals surface area contributed by atoms with Gasteiger partial charge >= 0.3 is 0 Å². The molecule has 46 heavy (non-hydrogen) atoms. The zero-order chi connectivity index (χ0) is 30.6. The molecule has 0 fully saturated rings. The van der Waals surface area contributed by atoms with E-state index in [0.717, 1.165) is 33.2 Å². The fraction of sp³-hybridized carbons (Fsp3) is 0.0698. The highest BCUT2D eigenvalue weighted by Crippen LogP contribution is 2.53. The van der Waals surface area contributed by atoms with Crippen molar-refractivity contribution >= 4 is 54.3 Å². The molecule has 216 valence electrons. The summed E-state index contributed by atoms with van der Waals surface area (Å²) in [5, 5.41) is 8.43. The topological polar surface area (TPSA) is 30.7 Å². The minimum Gasteiger partial charge on any atom is -0.277 e. The van der Waals surface area contributed by atoms with E-state index in [9.17, 15) is 0 Å². The second-order valence-corrected chi connectivity index (χ2v) is 13.0. The smallest absolute Gasteiger partial charge is 0.235 e. The first kappa shape index (κ1) is 25.5. The van der Waals surface area contributed by atoms with Crippen LogP contribution < -0.4 is 0 Å². The van der Waals surface area contributed by atoms with Gasteiger partial charge in [-0.3, -0.25) is 4.57 Å². The number of hydrogen-bond donors (Lipinski definition) is 0. The number of hydrogen-bond acceptors (Lipinski definition) is 2. The standard InChI is InChI=1S/C43H29N3/c1-43(2)34-20-10-8-18-31(34)38-37-28(16-12-21-35(37)43)25-33-30-24-23-26-13-6-7-17-29(26)40(30)46(41(33)38)42-44-36-22-11-9-19-32(36)39(45-42)27-14-4-3-5-15-27/h3-25H,1-2H3. The van der Waals surface area contributed by atoms with Crippen molar-refractivity contribution in [2.24, 2.45) is 0 Å². The SMILES string of the molecule is CC1(C)c2ccccc2-c2c3c1cccc3cc1c3ccc4ccccc4c3n(-c3nc(-c4ccccc4)c4ccccc4n3)c21. The Hall–Kier alpha value is -5.80. The van der Waals surface area contributed by atoms with E-state index in [1.165, 1.54) is 54.6 Å². The van der Waals surface area contributed by atoms with Crippen LogP contribution in [0.4, 0.5) is 0 Å². The van der Waals surface area contributed by atoms with Crippen LogP contribution in [-0.4, -0.2) is 14.5 Å². The first-order valence-corrected chi connectivity index (χ1v) is 15.9. The lowest BCUT2D eigenvalue weighted by Crippen LogP contribution is -2.23. The molecule has 0 saturated heterocycles. The molecule has 0 N–H and O–H groups in total. The van der Waals surface area contributed by atoms with Gasteiger partial charge in [-0.15, -0.1) is 0 Å². The number of nitrogens with zero attached hydrogens (tertiary/aromatic N) is 3. The molecule has 2 aromatic heterocycles. The summed E-state index contributed by atoms with van der Waals surface area (Å²) in [4.78, 5) is 10.8. The molecular weight excluding hydrogens is 558 g/mol. The van der Waals surface area contributed by atoms with E-state index in [-0.39, 0.29) is 5.41 Å². The number of fused-ring (bicyclic) bond motifs is 9. The van der Waals surface area contributed by atoms with Crippen LogP contribution in [0, 0.1) is 0 Å². The average Bonchev–Trinajstić information content (AvgIpc) is 3.44. The molecule has 0 radical (unpaired) electrons. The molecule has 1 aliphatic rings. The van der Waals surface area contributed by atoms with E-state index in [1.807, 2.05) is 0 Å². The van der Waals surface area contributed by atoms with Crippen molar-refractivity contribution in [3.05, 3.63) is 151 Å². The predicted molar refractivity (Wildman–Crippen MR) is 192 cm³/mol. The molecule has 0 aliphatic heterocycles. The van der Waals surface area contributed by atoms with Crippen molar-refractivity contribution in [2.75, 3.05) is 0 Å². The van der Waals surface area contributed by atoms with Crippen LogP contribution in [0.15, 0.2) is 140 Å². The maximum absolute atomic E-state index is 5.45. The van der Waals surface area contributed by atoms with Gasteiger partial charge in [0, 0.05) is 38.1 Å². The van der Waals surface area contributed by atoms with Gasteiger partial charge in [-0.2, -0.15) is 0 Å². The molecule has 9 aromatic rings. The predicted octanol–water partition coefficient (Wildman–Crippen LogP) is 11.0. The third kappa shape index (κ3) is 3.32. The van der Waals surface area contributed by atoms with E-state index in [0.29, 0.717) is 5.95 Å². The Morgan fingerprint density at radius 2 is 1.24 bits per heavy atom. The van der Waals surface area contributed by atoms with Crippen LogP contribution in [-0.2, 0) is 5.41 Å². The van der Waals surface area contributed by atoms with Crippen molar-refractivity contribution in [1.29, 1.82) is 0 Å². The largest absolute Gasteiger partial charge is 0.277 e. The Morgan fingerprint density at radius 3 is 2.13 bits per heavy atom. The van der Waals surface area contributed by atoms with Gasteiger partial charge in [0.1, 0.15) is 0 Å². The highest BCUT2D eigenvalue weighted by atomic mass is 15.2. The number of aromatic nitrogens is 3. The van der Waals surface area contributed by atoms with E-state index in [4.69, 9.17) is 9.97 Å². The molecule has 1 aliphatic carbocycles. The van der Waals surface area contributed by atoms with Crippen LogP contribution >= 0.6 is 0 Å². The van der Waals surface area contributed by atoms with Gasteiger partial charge in [0.25, 0.3) is 0 Å². The molecule has 0 atom stereocenters. The van der Waals surface area contributed by atoms with Gasteiger partial charge in [-0.25, -0.2) is 9.97 Å². The zero-order valence-electron chi connectivity index (χ0n) is 25.6. The Morgan fingerprint density at radius 1 is 0.522 bits per heavy atom. The first-order chi connectivity index (χ1) is 22.6. The Kier molecular flexibility index (Phi) is 5.06. The highest BCUT2D eigenvalue weighted by molar-refractivity contribution is 6.26. The maximum atomic E-state index is 5.45. The van der Waals surface area contributed by atoms with Crippen molar-refractivity contribution in [2.45, 2.75) is 19.3 Å². The molecule has 0 bridgehead atoms. The van der Waals surface area contributed by atoms with Gasteiger partial charge < -0.3 is 0 Å². The molecular formula is C43H29N3. The third-order valence-corrected chi connectivity index (χ3v) is 10.2. The second kappa shape index (κ2) is 9.12.